The Labute approximate surface area is 250 Å². The molecule has 0 radical (unpaired) electrons. The molecule has 0 bridgehead atoms. The molecule has 7 heteroatoms. The van der Waals surface area contributed by atoms with Crippen LogP contribution < -0.4 is 38.9 Å². The Morgan fingerprint density at radius 2 is 0.875 bits per heavy atom. The van der Waals surface area contributed by atoms with Crippen LogP contribution in [0.3, 0.4) is 0 Å². The first-order valence-electron chi connectivity index (χ1n) is 17.4. The quantitative estimate of drug-likeness (QED) is 0.0573. The summed E-state index contributed by atoms with van der Waals surface area (Å²) in [7, 11) is 0. The van der Waals surface area contributed by atoms with Crippen molar-refractivity contribution < 1.29 is 0 Å². The molecule has 0 saturated heterocycles. The number of unbranched alkanes of at least 4 members (excludes halogenated alkanes) is 6. The molecule has 0 aromatic carbocycles. The van der Waals surface area contributed by atoms with Gasteiger partial charge in [0.1, 0.15) is 0 Å². The molecule has 6 atom stereocenters. The molecule has 0 aliphatic heterocycles. The second-order valence-electron chi connectivity index (χ2n) is 13.2. The third-order valence-corrected chi connectivity index (χ3v) is 8.10. The number of rotatable bonds is 31. The summed E-state index contributed by atoms with van der Waals surface area (Å²) >= 11 is 0. The first-order chi connectivity index (χ1) is 19.2. The summed E-state index contributed by atoms with van der Waals surface area (Å²) in [6.45, 7) is 13.9. The highest BCUT2D eigenvalue weighted by molar-refractivity contribution is 4.70. The highest BCUT2D eigenvalue weighted by Gasteiger charge is 2.10. The standard InChI is InChI=1S/C33H75N7/c1-28(34)15-9-5-6-10-19-33(40-26-22-31(4)37)20-11-7-8-12-23-39-27-32(17-13-16-29(2)35)18-14-24-38-25-21-30(3)36/h28-33,38-40H,5-27,34-37H2,1-4H3. The monoisotopic (exact) mass is 570 g/mol. The fraction of sp³-hybridized carbons (Fsp3) is 1.00. The van der Waals surface area contributed by atoms with Gasteiger partial charge >= 0.3 is 0 Å². The molecular weight excluding hydrogens is 494 g/mol. The van der Waals surface area contributed by atoms with Gasteiger partial charge in [-0.2, -0.15) is 0 Å². The number of nitrogens with two attached hydrogens (primary N) is 4. The molecule has 0 aromatic heterocycles. The van der Waals surface area contributed by atoms with Gasteiger partial charge in [-0.3, -0.25) is 0 Å². The highest BCUT2D eigenvalue weighted by Crippen LogP contribution is 2.16. The van der Waals surface area contributed by atoms with Crippen molar-refractivity contribution >= 4 is 0 Å². The molecule has 0 amide bonds. The molecule has 0 fully saturated rings. The van der Waals surface area contributed by atoms with E-state index < -0.39 is 0 Å². The molecular formula is C33H75N7. The molecule has 0 heterocycles. The summed E-state index contributed by atoms with van der Waals surface area (Å²) in [4.78, 5) is 0. The topological polar surface area (TPSA) is 140 Å². The van der Waals surface area contributed by atoms with Gasteiger partial charge in [0.25, 0.3) is 0 Å². The molecule has 0 saturated carbocycles. The zero-order valence-electron chi connectivity index (χ0n) is 27.5. The minimum Gasteiger partial charge on any atom is -0.328 e. The third-order valence-electron chi connectivity index (χ3n) is 8.10. The number of nitrogens with one attached hydrogen (secondary N) is 3. The van der Waals surface area contributed by atoms with Gasteiger partial charge in [-0.1, -0.05) is 51.4 Å². The number of hydrogen-bond donors (Lipinski definition) is 7. The van der Waals surface area contributed by atoms with Crippen LogP contribution in [0.25, 0.3) is 0 Å². The summed E-state index contributed by atoms with van der Waals surface area (Å²) in [6.07, 6.45) is 22.6. The Hall–Kier alpha value is -0.280. The fourth-order valence-corrected chi connectivity index (χ4v) is 5.42. The first kappa shape index (κ1) is 39.7. The lowest BCUT2D eigenvalue weighted by molar-refractivity contribution is 0.379. The Kier molecular flexibility index (Phi) is 28.6. The zero-order valence-corrected chi connectivity index (χ0v) is 27.5. The summed E-state index contributed by atoms with van der Waals surface area (Å²) in [5, 5.41) is 11.1. The minimum atomic E-state index is 0.282. The van der Waals surface area contributed by atoms with Gasteiger partial charge in [0.15, 0.2) is 0 Å². The molecule has 242 valence electrons. The van der Waals surface area contributed by atoms with Crippen LogP contribution in [-0.2, 0) is 0 Å². The summed E-state index contributed by atoms with van der Waals surface area (Å²) in [6, 6.07) is 1.88. The maximum absolute atomic E-state index is 5.99. The molecule has 40 heavy (non-hydrogen) atoms. The molecule has 0 aromatic rings. The van der Waals surface area contributed by atoms with Crippen molar-refractivity contribution in [1.29, 1.82) is 0 Å². The Balaban J connectivity index is 4.09. The van der Waals surface area contributed by atoms with Crippen LogP contribution in [0.1, 0.15) is 143 Å². The maximum Gasteiger partial charge on any atom is 0.00670 e. The van der Waals surface area contributed by atoms with Crippen LogP contribution in [0.4, 0.5) is 0 Å². The molecule has 0 aliphatic carbocycles. The van der Waals surface area contributed by atoms with Crippen molar-refractivity contribution in [1.82, 2.24) is 16.0 Å². The van der Waals surface area contributed by atoms with Crippen molar-refractivity contribution in [3.63, 3.8) is 0 Å². The van der Waals surface area contributed by atoms with Crippen LogP contribution >= 0.6 is 0 Å². The van der Waals surface area contributed by atoms with Crippen LogP contribution in [-0.4, -0.2) is 62.9 Å². The normalized spacial score (nSPS) is 16.5. The number of hydrogen-bond acceptors (Lipinski definition) is 7. The average Bonchev–Trinajstić information content (AvgIpc) is 2.87. The Morgan fingerprint density at radius 1 is 0.400 bits per heavy atom. The SMILES string of the molecule is CC(N)CCCCCCC(CCCCCCNCC(CCCNCCC(C)N)CCCC(C)N)NCCC(C)N. The van der Waals surface area contributed by atoms with Gasteiger partial charge in [-0.05, 0) is 131 Å². The summed E-state index contributed by atoms with van der Waals surface area (Å²) in [5.41, 5.74) is 23.7. The molecule has 0 aliphatic rings. The Morgan fingerprint density at radius 3 is 1.48 bits per heavy atom. The van der Waals surface area contributed by atoms with E-state index in [1.165, 1.54) is 89.9 Å². The second-order valence-corrected chi connectivity index (χ2v) is 13.2. The van der Waals surface area contributed by atoms with E-state index in [1.54, 1.807) is 0 Å². The van der Waals surface area contributed by atoms with Crippen molar-refractivity contribution in [2.45, 2.75) is 173 Å². The van der Waals surface area contributed by atoms with E-state index >= 15 is 0 Å². The lowest BCUT2D eigenvalue weighted by Gasteiger charge is -2.20. The average molecular weight is 570 g/mol. The van der Waals surface area contributed by atoms with E-state index in [2.05, 4.69) is 43.6 Å². The largest absolute Gasteiger partial charge is 0.328 e. The summed E-state index contributed by atoms with van der Waals surface area (Å²) in [5.74, 6) is 0.760. The smallest absolute Gasteiger partial charge is 0.00670 e. The van der Waals surface area contributed by atoms with Crippen LogP contribution in [0.2, 0.25) is 0 Å². The third kappa shape index (κ3) is 30.7. The maximum atomic E-state index is 5.99. The van der Waals surface area contributed by atoms with Gasteiger partial charge < -0.3 is 38.9 Å². The van der Waals surface area contributed by atoms with Crippen LogP contribution in [0.15, 0.2) is 0 Å². The Bertz CT molecular complexity index is 455. The van der Waals surface area contributed by atoms with Gasteiger partial charge in [0, 0.05) is 30.2 Å². The van der Waals surface area contributed by atoms with Gasteiger partial charge in [-0.25, -0.2) is 0 Å². The lowest BCUT2D eigenvalue weighted by atomic mass is 9.95. The highest BCUT2D eigenvalue weighted by atomic mass is 14.9. The minimum absolute atomic E-state index is 0.282. The molecule has 6 unspecified atom stereocenters. The molecule has 7 nitrogen and oxygen atoms in total. The fourth-order valence-electron chi connectivity index (χ4n) is 5.42. The van der Waals surface area contributed by atoms with E-state index in [0.29, 0.717) is 18.1 Å². The van der Waals surface area contributed by atoms with Crippen molar-refractivity contribution in [3.05, 3.63) is 0 Å². The molecule has 0 spiro atoms. The predicted octanol–water partition coefficient (Wildman–Crippen LogP) is 5.15. The predicted molar refractivity (Wildman–Crippen MR) is 179 cm³/mol. The van der Waals surface area contributed by atoms with Gasteiger partial charge in [0.2, 0.25) is 0 Å². The van der Waals surface area contributed by atoms with E-state index in [-0.39, 0.29) is 12.1 Å². The summed E-state index contributed by atoms with van der Waals surface area (Å²) < 4.78 is 0. The van der Waals surface area contributed by atoms with Gasteiger partial charge in [-0.15, -0.1) is 0 Å². The van der Waals surface area contributed by atoms with Crippen molar-refractivity contribution in [2.24, 2.45) is 28.9 Å². The molecule has 0 rings (SSSR count). The van der Waals surface area contributed by atoms with E-state index in [0.717, 1.165) is 64.3 Å². The van der Waals surface area contributed by atoms with Crippen molar-refractivity contribution in [2.75, 3.05) is 32.7 Å². The van der Waals surface area contributed by atoms with Crippen molar-refractivity contribution in [3.8, 4) is 0 Å². The van der Waals surface area contributed by atoms with E-state index in [1.807, 2.05) is 0 Å². The molecule has 11 N–H and O–H groups in total. The first-order valence-corrected chi connectivity index (χ1v) is 17.4. The lowest BCUT2D eigenvalue weighted by Crippen LogP contribution is -2.32. The van der Waals surface area contributed by atoms with Gasteiger partial charge in [0.05, 0.1) is 0 Å². The zero-order chi connectivity index (χ0) is 29.8. The van der Waals surface area contributed by atoms with Crippen LogP contribution in [0.5, 0.6) is 0 Å². The second kappa shape index (κ2) is 28.8. The van der Waals surface area contributed by atoms with E-state index in [9.17, 15) is 0 Å². The van der Waals surface area contributed by atoms with E-state index in [4.69, 9.17) is 22.9 Å². The van der Waals surface area contributed by atoms with Crippen LogP contribution in [0, 0.1) is 5.92 Å².